The van der Waals surface area contributed by atoms with Gasteiger partial charge in [0.1, 0.15) is 11.5 Å². The highest BCUT2D eigenvalue weighted by atomic mass is 19.4. The van der Waals surface area contributed by atoms with Crippen molar-refractivity contribution >= 4 is 11.8 Å². The number of esters is 1. The molecule has 0 aliphatic carbocycles. The number of hydrogen-bond donors (Lipinski definition) is 0. The van der Waals surface area contributed by atoms with E-state index in [9.17, 15) is 26.7 Å². The molecule has 132 valence electrons. The molecular weight excluding hydrogens is 347 g/mol. The van der Waals surface area contributed by atoms with Crippen LogP contribution in [0.15, 0.2) is 54.4 Å². The lowest BCUT2D eigenvalue weighted by molar-refractivity contribution is -0.274. The number of carbonyl (C=O) groups is 1. The minimum atomic E-state index is -4.87. The Bertz CT molecular complexity index is 777. The van der Waals surface area contributed by atoms with Crippen molar-refractivity contribution in [3.05, 3.63) is 65.5 Å². The first-order chi connectivity index (χ1) is 11.7. The molecule has 0 aromatic heterocycles. The van der Waals surface area contributed by atoms with Crippen LogP contribution in [0.1, 0.15) is 11.1 Å². The maximum atomic E-state index is 13.9. The summed E-state index contributed by atoms with van der Waals surface area (Å²) in [5, 5.41) is 0. The van der Waals surface area contributed by atoms with E-state index in [0.29, 0.717) is 0 Å². The van der Waals surface area contributed by atoms with Crippen LogP contribution in [0.5, 0.6) is 11.5 Å². The van der Waals surface area contributed by atoms with E-state index in [0.717, 1.165) is 29.8 Å². The van der Waals surface area contributed by atoms with Crippen LogP contribution < -0.4 is 9.47 Å². The van der Waals surface area contributed by atoms with Crippen molar-refractivity contribution in [2.75, 3.05) is 0 Å². The van der Waals surface area contributed by atoms with E-state index in [1.54, 1.807) is 6.92 Å². The molecule has 2 aromatic carbocycles. The molecule has 0 heterocycles. The summed E-state index contributed by atoms with van der Waals surface area (Å²) in [5.41, 5.74) is 0.676. The van der Waals surface area contributed by atoms with Crippen molar-refractivity contribution in [1.29, 1.82) is 0 Å². The molecule has 0 amide bonds. The molecule has 2 rings (SSSR count). The van der Waals surface area contributed by atoms with Crippen LogP contribution in [0, 0.1) is 6.92 Å². The molecule has 0 unspecified atom stereocenters. The first-order valence-electron chi connectivity index (χ1n) is 6.86. The third-order valence-corrected chi connectivity index (χ3v) is 2.94. The predicted octanol–water partition coefficient (Wildman–Crippen LogP) is 5.11. The van der Waals surface area contributed by atoms with Crippen molar-refractivity contribution in [2.24, 2.45) is 0 Å². The SMILES string of the molecule is Cc1ccc(/C(F)=C(/F)C(=O)Oc2ccc(OC(F)(F)F)cc2)cc1. The van der Waals surface area contributed by atoms with Gasteiger partial charge >= 0.3 is 12.3 Å². The highest BCUT2D eigenvalue weighted by molar-refractivity contribution is 5.94. The number of halogens is 5. The van der Waals surface area contributed by atoms with E-state index in [2.05, 4.69) is 9.47 Å². The predicted molar refractivity (Wildman–Crippen MR) is 79.1 cm³/mol. The average molecular weight is 358 g/mol. The van der Waals surface area contributed by atoms with Crippen molar-refractivity contribution in [3.63, 3.8) is 0 Å². The zero-order valence-electron chi connectivity index (χ0n) is 12.7. The molecule has 2 aromatic rings. The van der Waals surface area contributed by atoms with E-state index < -0.39 is 29.7 Å². The zero-order valence-corrected chi connectivity index (χ0v) is 12.7. The molecule has 0 atom stereocenters. The molecule has 0 aliphatic heterocycles. The van der Waals surface area contributed by atoms with E-state index in [4.69, 9.17) is 0 Å². The molecule has 0 saturated carbocycles. The fourth-order valence-corrected chi connectivity index (χ4v) is 1.78. The smallest absolute Gasteiger partial charge is 0.421 e. The van der Waals surface area contributed by atoms with Crippen molar-refractivity contribution in [1.82, 2.24) is 0 Å². The van der Waals surface area contributed by atoms with Crippen LogP contribution >= 0.6 is 0 Å². The third-order valence-electron chi connectivity index (χ3n) is 2.94. The molecule has 0 saturated heterocycles. The summed E-state index contributed by atoms with van der Waals surface area (Å²) >= 11 is 0. The second-order valence-corrected chi connectivity index (χ2v) is 4.90. The summed E-state index contributed by atoms with van der Waals surface area (Å²) in [5.74, 6) is -5.58. The zero-order chi connectivity index (χ0) is 18.6. The van der Waals surface area contributed by atoms with E-state index in [1.165, 1.54) is 24.3 Å². The number of alkyl halides is 3. The van der Waals surface area contributed by atoms with Gasteiger partial charge in [-0.3, -0.25) is 0 Å². The van der Waals surface area contributed by atoms with Gasteiger partial charge in [0, 0.05) is 5.56 Å². The minimum Gasteiger partial charge on any atom is -0.421 e. The second kappa shape index (κ2) is 7.33. The van der Waals surface area contributed by atoms with Gasteiger partial charge in [-0.15, -0.1) is 13.2 Å². The van der Waals surface area contributed by atoms with Gasteiger partial charge in [0.15, 0.2) is 5.83 Å². The van der Waals surface area contributed by atoms with Gasteiger partial charge in [-0.25, -0.2) is 9.18 Å². The van der Waals surface area contributed by atoms with E-state index >= 15 is 0 Å². The van der Waals surface area contributed by atoms with E-state index in [1.807, 2.05) is 0 Å². The normalized spacial score (nSPS) is 12.4. The maximum Gasteiger partial charge on any atom is 0.573 e. The Hall–Kier alpha value is -2.90. The standard InChI is InChI=1S/C17H11F5O3/c1-10-2-4-11(5-3-10)14(18)15(19)16(23)24-12-6-8-13(9-7-12)25-17(20,21)22/h2-9H,1H3/b15-14-. The second-order valence-electron chi connectivity index (χ2n) is 4.90. The van der Waals surface area contributed by atoms with Crippen LogP contribution in [0.3, 0.4) is 0 Å². The summed E-state index contributed by atoms with van der Waals surface area (Å²) in [6.45, 7) is 1.75. The fourth-order valence-electron chi connectivity index (χ4n) is 1.78. The molecule has 0 spiro atoms. The first-order valence-corrected chi connectivity index (χ1v) is 6.86. The quantitative estimate of drug-likeness (QED) is 0.330. The summed E-state index contributed by atoms with van der Waals surface area (Å²) in [4.78, 5) is 11.6. The summed E-state index contributed by atoms with van der Waals surface area (Å²) in [6, 6.07) is 9.30. The van der Waals surface area contributed by atoms with Crippen LogP contribution in [-0.2, 0) is 4.79 Å². The lowest BCUT2D eigenvalue weighted by Gasteiger charge is -2.09. The Balaban J connectivity index is 2.10. The minimum absolute atomic E-state index is 0.144. The molecule has 0 aliphatic rings. The topological polar surface area (TPSA) is 35.5 Å². The molecular formula is C17H11F5O3. The highest BCUT2D eigenvalue weighted by Crippen LogP contribution is 2.26. The van der Waals surface area contributed by atoms with Gasteiger partial charge in [-0.2, -0.15) is 4.39 Å². The molecule has 0 fully saturated rings. The van der Waals surface area contributed by atoms with Crippen LogP contribution in [0.25, 0.3) is 5.83 Å². The van der Waals surface area contributed by atoms with Gasteiger partial charge in [0.2, 0.25) is 5.83 Å². The third kappa shape index (κ3) is 5.30. The van der Waals surface area contributed by atoms with Crippen molar-refractivity contribution in [2.45, 2.75) is 13.3 Å². The van der Waals surface area contributed by atoms with Gasteiger partial charge in [-0.05, 0) is 31.2 Å². The van der Waals surface area contributed by atoms with Gasteiger partial charge in [0.25, 0.3) is 0 Å². The number of benzene rings is 2. The van der Waals surface area contributed by atoms with Crippen LogP contribution in [0.2, 0.25) is 0 Å². The number of aryl methyl sites for hydroxylation is 1. The lowest BCUT2D eigenvalue weighted by Crippen LogP contribution is -2.17. The molecule has 3 nitrogen and oxygen atoms in total. The van der Waals surface area contributed by atoms with Gasteiger partial charge in [0.05, 0.1) is 0 Å². The molecule has 25 heavy (non-hydrogen) atoms. The molecule has 0 radical (unpaired) electrons. The molecule has 0 N–H and O–H groups in total. The maximum absolute atomic E-state index is 13.9. The summed E-state index contributed by atoms with van der Waals surface area (Å²) < 4.78 is 72.0. The summed E-state index contributed by atoms with van der Waals surface area (Å²) in [7, 11) is 0. The van der Waals surface area contributed by atoms with Crippen LogP contribution in [0.4, 0.5) is 22.0 Å². The van der Waals surface area contributed by atoms with Crippen molar-refractivity contribution < 1.29 is 36.2 Å². The Morgan fingerprint density at radius 2 is 1.40 bits per heavy atom. The van der Waals surface area contributed by atoms with Crippen molar-refractivity contribution in [3.8, 4) is 11.5 Å². The Morgan fingerprint density at radius 3 is 1.92 bits per heavy atom. The average Bonchev–Trinajstić information content (AvgIpc) is 2.54. The monoisotopic (exact) mass is 358 g/mol. The number of hydrogen-bond acceptors (Lipinski definition) is 3. The molecule has 8 heteroatoms. The molecule has 0 bridgehead atoms. The Labute approximate surface area is 139 Å². The number of carbonyl (C=O) groups excluding carboxylic acids is 1. The lowest BCUT2D eigenvalue weighted by atomic mass is 10.1. The first kappa shape index (κ1) is 18.4. The number of ether oxygens (including phenoxy) is 2. The van der Waals surface area contributed by atoms with Crippen LogP contribution in [-0.4, -0.2) is 12.3 Å². The van der Waals surface area contributed by atoms with E-state index in [-0.39, 0.29) is 11.3 Å². The Morgan fingerprint density at radius 1 is 0.880 bits per heavy atom. The number of rotatable bonds is 4. The van der Waals surface area contributed by atoms with Gasteiger partial charge in [-0.1, -0.05) is 29.8 Å². The highest BCUT2D eigenvalue weighted by Gasteiger charge is 2.31. The largest absolute Gasteiger partial charge is 0.573 e. The Kier molecular flexibility index (Phi) is 5.41. The summed E-state index contributed by atoms with van der Waals surface area (Å²) in [6.07, 6.45) is -4.87. The fraction of sp³-hybridized carbons (Fsp3) is 0.118. The van der Waals surface area contributed by atoms with Gasteiger partial charge < -0.3 is 9.47 Å².